The van der Waals surface area contributed by atoms with Crippen LogP contribution in [0.1, 0.15) is 43.9 Å². The Bertz CT molecular complexity index is 870. The van der Waals surface area contributed by atoms with Crippen molar-refractivity contribution >= 4 is 23.5 Å². The van der Waals surface area contributed by atoms with Crippen molar-refractivity contribution in [3.05, 3.63) is 35.5 Å². The fourth-order valence-electron chi connectivity index (χ4n) is 4.13. The largest absolute Gasteiger partial charge is 0.497 e. The van der Waals surface area contributed by atoms with E-state index >= 15 is 0 Å². The molecule has 6 heteroatoms. The Hall–Kier alpha value is -1.55. The van der Waals surface area contributed by atoms with Crippen LogP contribution in [0, 0.1) is 23.7 Å². The quantitative estimate of drug-likeness (QED) is 0.532. The van der Waals surface area contributed by atoms with Gasteiger partial charge >= 0.3 is 0 Å². The molecule has 2 fully saturated rings. The molecular formula is C22H27N3OS2. The molecule has 2 unspecified atom stereocenters. The van der Waals surface area contributed by atoms with Gasteiger partial charge < -0.3 is 9.64 Å². The number of ether oxygens (including phenoxy) is 1. The molecule has 0 radical (unpaired) electrons. The average Bonchev–Trinajstić information content (AvgIpc) is 3.28. The van der Waals surface area contributed by atoms with E-state index in [1.807, 2.05) is 24.3 Å². The number of methoxy groups -OCH3 is 1. The zero-order valence-corrected chi connectivity index (χ0v) is 18.4. The predicted molar refractivity (Wildman–Crippen MR) is 116 cm³/mol. The maximum atomic E-state index is 5.31. The lowest BCUT2D eigenvalue weighted by atomic mass is 9.89. The van der Waals surface area contributed by atoms with E-state index in [1.54, 1.807) is 18.9 Å². The highest BCUT2D eigenvalue weighted by Crippen LogP contribution is 2.42. The summed E-state index contributed by atoms with van der Waals surface area (Å²) in [6, 6.07) is 7.94. The molecule has 4 atom stereocenters. The minimum absolute atomic E-state index is 0.190. The van der Waals surface area contributed by atoms with Crippen molar-refractivity contribution in [3.8, 4) is 17.6 Å². The molecule has 0 amide bonds. The van der Waals surface area contributed by atoms with Crippen LogP contribution in [-0.2, 0) is 0 Å². The summed E-state index contributed by atoms with van der Waals surface area (Å²) in [4.78, 5) is 2.59. The maximum absolute atomic E-state index is 5.31. The third-order valence-electron chi connectivity index (χ3n) is 5.67. The van der Waals surface area contributed by atoms with Gasteiger partial charge in [0.1, 0.15) is 10.8 Å². The molecule has 1 aromatic heterocycles. The second-order valence-corrected chi connectivity index (χ2v) is 9.67. The smallest absolute Gasteiger partial charge is 0.135 e. The molecule has 2 aromatic rings. The first-order valence-electron chi connectivity index (χ1n) is 10.0. The van der Waals surface area contributed by atoms with Crippen LogP contribution in [0.4, 0.5) is 0 Å². The average molecular weight is 414 g/mol. The van der Waals surface area contributed by atoms with E-state index in [-0.39, 0.29) is 5.25 Å². The Morgan fingerprint density at radius 2 is 2.18 bits per heavy atom. The van der Waals surface area contributed by atoms with Gasteiger partial charge in [0.2, 0.25) is 0 Å². The van der Waals surface area contributed by atoms with E-state index in [9.17, 15) is 0 Å². The van der Waals surface area contributed by atoms with Gasteiger partial charge in [0, 0.05) is 24.6 Å². The van der Waals surface area contributed by atoms with Crippen molar-refractivity contribution in [1.82, 2.24) is 13.6 Å². The molecule has 2 aliphatic rings. The van der Waals surface area contributed by atoms with Crippen LogP contribution in [0.2, 0.25) is 0 Å². The third-order valence-corrected chi connectivity index (χ3v) is 7.77. The van der Waals surface area contributed by atoms with Crippen molar-refractivity contribution in [2.75, 3.05) is 26.7 Å². The number of hydrogen-bond acceptors (Lipinski definition) is 6. The maximum Gasteiger partial charge on any atom is 0.135 e. The van der Waals surface area contributed by atoms with E-state index in [1.165, 1.54) is 43.4 Å². The van der Waals surface area contributed by atoms with Gasteiger partial charge in [0.05, 0.1) is 29.8 Å². The number of thioether (sulfide) groups is 1. The number of rotatable bonds is 5. The molecule has 1 aromatic carbocycles. The van der Waals surface area contributed by atoms with Crippen molar-refractivity contribution in [3.63, 3.8) is 0 Å². The highest BCUT2D eigenvalue weighted by Gasteiger charge is 2.39. The lowest BCUT2D eigenvalue weighted by Gasteiger charge is -2.21. The van der Waals surface area contributed by atoms with E-state index in [2.05, 4.69) is 35.0 Å². The van der Waals surface area contributed by atoms with Gasteiger partial charge in [-0.05, 0) is 49.4 Å². The minimum atomic E-state index is 0.190. The Morgan fingerprint density at radius 1 is 1.29 bits per heavy atom. The summed E-state index contributed by atoms with van der Waals surface area (Å²) in [5.41, 5.74) is 2.21. The molecule has 2 aliphatic heterocycles. The van der Waals surface area contributed by atoms with Gasteiger partial charge in [-0.15, -0.1) is 0 Å². The number of benzene rings is 1. The number of piperidine rings is 1. The number of nitrogens with zero attached hydrogens (tertiary/aromatic N) is 3. The molecule has 148 valence electrons. The summed E-state index contributed by atoms with van der Waals surface area (Å²) in [5, 5.41) is 1.29. The first-order valence-corrected chi connectivity index (χ1v) is 11.6. The molecule has 0 N–H and O–H groups in total. The summed E-state index contributed by atoms with van der Waals surface area (Å²) in [7, 11) is 1.69. The van der Waals surface area contributed by atoms with Crippen LogP contribution < -0.4 is 4.74 Å². The lowest BCUT2D eigenvalue weighted by Crippen LogP contribution is -2.25. The highest BCUT2D eigenvalue weighted by atomic mass is 32.2. The van der Waals surface area contributed by atoms with E-state index in [4.69, 9.17) is 9.11 Å². The number of fused-ring (bicyclic) bond motifs is 2. The van der Waals surface area contributed by atoms with Crippen LogP contribution in [-0.4, -0.2) is 45.6 Å². The molecule has 2 saturated heterocycles. The summed E-state index contributed by atoms with van der Waals surface area (Å²) >= 11 is 3.15. The van der Waals surface area contributed by atoms with Crippen molar-refractivity contribution < 1.29 is 4.74 Å². The first-order chi connectivity index (χ1) is 13.6. The van der Waals surface area contributed by atoms with Crippen LogP contribution >= 0.6 is 23.5 Å². The topological polar surface area (TPSA) is 38.3 Å². The summed E-state index contributed by atoms with van der Waals surface area (Å²) in [5.74, 6) is 9.38. The highest BCUT2D eigenvalue weighted by molar-refractivity contribution is 8.00. The lowest BCUT2D eigenvalue weighted by molar-refractivity contribution is 0.269. The predicted octanol–water partition coefficient (Wildman–Crippen LogP) is 4.52. The Balaban J connectivity index is 1.52. The fourth-order valence-corrected chi connectivity index (χ4v) is 5.92. The Labute approximate surface area is 176 Å². The van der Waals surface area contributed by atoms with Crippen LogP contribution in [0.3, 0.4) is 0 Å². The molecule has 4 nitrogen and oxygen atoms in total. The zero-order valence-electron chi connectivity index (χ0n) is 16.7. The van der Waals surface area contributed by atoms with Gasteiger partial charge in [-0.3, -0.25) is 0 Å². The standard InChI is InChI=1S/C22H27N3OS2/c1-15(2)20(10-9-16-6-4-8-18(12-16)26-3)27-22-21(23-28-24-22)19-14-25-11-5-7-17(19)13-25/h4,6,8,12,15,17,19-20H,5,7,11,13-14H2,1-3H3/t17-,19+,20?/m0/s1. The third kappa shape index (κ3) is 4.37. The first kappa shape index (κ1) is 19.8. The molecule has 4 rings (SSSR count). The van der Waals surface area contributed by atoms with Gasteiger partial charge in [-0.2, -0.15) is 8.75 Å². The molecule has 3 heterocycles. The Kier molecular flexibility index (Phi) is 6.25. The van der Waals surface area contributed by atoms with Gasteiger partial charge in [-0.1, -0.05) is 43.5 Å². The molecule has 0 aliphatic carbocycles. The summed E-state index contributed by atoms with van der Waals surface area (Å²) < 4.78 is 14.7. The molecule has 28 heavy (non-hydrogen) atoms. The van der Waals surface area contributed by atoms with E-state index < -0.39 is 0 Å². The molecule has 0 saturated carbocycles. The van der Waals surface area contributed by atoms with Crippen molar-refractivity contribution in [2.45, 2.75) is 42.9 Å². The normalized spacial score (nSPS) is 24.6. The zero-order chi connectivity index (χ0) is 19.5. The van der Waals surface area contributed by atoms with E-state index in [0.717, 1.165) is 28.8 Å². The second-order valence-electron chi connectivity index (χ2n) is 8.01. The van der Waals surface area contributed by atoms with Gasteiger partial charge in [0.15, 0.2) is 0 Å². The summed E-state index contributed by atoms with van der Waals surface area (Å²) in [6.45, 7) is 8.08. The second kappa shape index (κ2) is 8.86. The van der Waals surface area contributed by atoms with Crippen molar-refractivity contribution in [2.24, 2.45) is 11.8 Å². The molecule has 0 spiro atoms. The van der Waals surface area contributed by atoms with Crippen LogP contribution in [0.15, 0.2) is 29.3 Å². The van der Waals surface area contributed by atoms with Gasteiger partial charge in [0.25, 0.3) is 0 Å². The van der Waals surface area contributed by atoms with Crippen molar-refractivity contribution in [1.29, 1.82) is 0 Å². The van der Waals surface area contributed by atoms with E-state index in [0.29, 0.717) is 11.8 Å². The van der Waals surface area contributed by atoms with Crippen LogP contribution in [0.25, 0.3) is 0 Å². The number of hydrogen-bond donors (Lipinski definition) is 0. The number of aromatic nitrogens is 2. The monoisotopic (exact) mass is 413 g/mol. The SMILES string of the molecule is COc1cccc(C#CC(Sc2nsnc2[C@@H]2CN3CCC[C@H]2C3)C(C)C)c1. The fraction of sp³-hybridized carbons (Fsp3) is 0.545. The molecular weight excluding hydrogens is 386 g/mol. The van der Waals surface area contributed by atoms with Gasteiger partial charge in [-0.25, -0.2) is 0 Å². The summed E-state index contributed by atoms with van der Waals surface area (Å²) in [6.07, 6.45) is 2.65. The minimum Gasteiger partial charge on any atom is -0.497 e. The Morgan fingerprint density at radius 3 is 2.96 bits per heavy atom. The molecule has 2 bridgehead atoms. The van der Waals surface area contributed by atoms with Crippen LogP contribution in [0.5, 0.6) is 5.75 Å².